The fourth-order valence-electron chi connectivity index (χ4n) is 4.23. The van der Waals surface area contributed by atoms with E-state index in [1.54, 1.807) is 0 Å². The first-order chi connectivity index (χ1) is 12.2. The Kier molecular flexibility index (Phi) is 6.35. The van der Waals surface area contributed by atoms with Crippen LogP contribution in [0.15, 0.2) is 24.3 Å². The third-order valence-electron chi connectivity index (χ3n) is 5.83. The van der Waals surface area contributed by atoms with E-state index in [0.29, 0.717) is 26.1 Å². The fraction of sp³-hybridized carbons (Fsp3) is 0.667. The van der Waals surface area contributed by atoms with Crippen LogP contribution in [0, 0.1) is 5.92 Å². The Morgan fingerprint density at radius 3 is 2.68 bits per heavy atom. The maximum Gasteiger partial charge on any atom is 0.316 e. The predicted octanol–water partition coefficient (Wildman–Crippen LogP) is 4.26. The topological polar surface area (TPSA) is 44.8 Å². The molecule has 2 fully saturated rings. The van der Waals surface area contributed by atoms with Gasteiger partial charge in [0, 0.05) is 13.2 Å². The summed E-state index contributed by atoms with van der Waals surface area (Å²) in [6, 6.07) is 7.99. The summed E-state index contributed by atoms with van der Waals surface area (Å²) in [5, 5.41) is 0. The number of carbonyl (C=O) groups excluding carboxylic acids is 1. The number of benzene rings is 1. The van der Waals surface area contributed by atoms with Crippen LogP contribution in [-0.2, 0) is 19.7 Å². The summed E-state index contributed by atoms with van der Waals surface area (Å²) in [5.41, 5.74) is 0.383. The molecule has 0 unspecified atom stereocenters. The monoisotopic (exact) mass is 346 g/mol. The molecule has 1 saturated heterocycles. The summed E-state index contributed by atoms with van der Waals surface area (Å²) in [7, 11) is 1.46. The Morgan fingerprint density at radius 1 is 1.20 bits per heavy atom. The molecule has 4 heteroatoms. The number of methoxy groups -OCH3 is 1. The molecule has 25 heavy (non-hydrogen) atoms. The molecule has 3 rings (SSSR count). The van der Waals surface area contributed by atoms with Gasteiger partial charge in [-0.3, -0.25) is 4.79 Å². The summed E-state index contributed by atoms with van der Waals surface area (Å²) < 4.78 is 16.6. The van der Waals surface area contributed by atoms with Crippen molar-refractivity contribution < 1.29 is 19.0 Å². The van der Waals surface area contributed by atoms with Crippen molar-refractivity contribution in [3.63, 3.8) is 0 Å². The lowest BCUT2D eigenvalue weighted by Crippen LogP contribution is -2.42. The second kappa shape index (κ2) is 8.70. The van der Waals surface area contributed by atoms with Crippen molar-refractivity contribution >= 4 is 5.97 Å². The van der Waals surface area contributed by atoms with Gasteiger partial charge in [-0.2, -0.15) is 0 Å². The maximum atomic E-state index is 12.5. The Morgan fingerprint density at radius 2 is 1.96 bits per heavy atom. The van der Waals surface area contributed by atoms with E-state index in [1.165, 1.54) is 39.2 Å². The van der Waals surface area contributed by atoms with Crippen LogP contribution in [0.2, 0.25) is 0 Å². The Labute approximate surface area is 150 Å². The molecule has 1 aliphatic heterocycles. The average Bonchev–Trinajstić information content (AvgIpc) is 2.69. The molecule has 0 bridgehead atoms. The molecule has 1 aromatic carbocycles. The van der Waals surface area contributed by atoms with Gasteiger partial charge in [-0.15, -0.1) is 0 Å². The minimum Gasteiger partial charge on any atom is -0.494 e. The van der Waals surface area contributed by atoms with E-state index in [2.05, 4.69) is 0 Å². The smallest absolute Gasteiger partial charge is 0.316 e. The number of ether oxygens (including phenoxy) is 3. The molecule has 1 aliphatic carbocycles. The van der Waals surface area contributed by atoms with Crippen molar-refractivity contribution in [3.05, 3.63) is 29.8 Å². The summed E-state index contributed by atoms with van der Waals surface area (Å²) in [4.78, 5) is 12.5. The summed E-state index contributed by atoms with van der Waals surface area (Å²) >= 11 is 0. The van der Waals surface area contributed by atoms with Gasteiger partial charge in [0.05, 0.1) is 19.1 Å². The molecule has 1 saturated carbocycles. The van der Waals surface area contributed by atoms with Crippen LogP contribution < -0.4 is 4.74 Å². The molecule has 1 heterocycles. The van der Waals surface area contributed by atoms with E-state index in [-0.39, 0.29) is 5.97 Å². The van der Waals surface area contributed by atoms with Crippen LogP contribution in [0.3, 0.4) is 0 Å². The first kappa shape index (κ1) is 18.2. The van der Waals surface area contributed by atoms with Crippen LogP contribution >= 0.6 is 0 Å². The second-order valence-electron chi connectivity index (χ2n) is 7.36. The summed E-state index contributed by atoms with van der Waals surface area (Å²) in [6.07, 6.45) is 9.24. The van der Waals surface area contributed by atoms with Crippen molar-refractivity contribution in [2.75, 3.05) is 26.9 Å². The van der Waals surface area contributed by atoms with Crippen molar-refractivity contribution in [1.29, 1.82) is 0 Å². The van der Waals surface area contributed by atoms with Crippen molar-refractivity contribution in [2.24, 2.45) is 5.92 Å². The highest BCUT2D eigenvalue weighted by atomic mass is 16.5. The van der Waals surface area contributed by atoms with E-state index in [0.717, 1.165) is 30.3 Å². The predicted molar refractivity (Wildman–Crippen MR) is 96.9 cm³/mol. The van der Waals surface area contributed by atoms with Crippen molar-refractivity contribution in [1.82, 2.24) is 0 Å². The number of hydrogen-bond donors (Lipinski definition) is 0. The van der Waals surface area contributed by atoms with Gasteiger partial charge >= 0.3 is 5.97 Å². The minimum absolute atomic E-state index is 0.171. The first-order valence-corrected chi connectivity index (χ1v) is 9.64. The maximum absolute atomic E-state index is 12.5. The molecule has 0 radical (unpaired) electrons. The highest BCUT2D eigenvalue weighted by molar-refractivity contribution is 5.83. The van der Waals surface area contributed by atoms with Crippen LogP contribution in [-0.4, -0.2) is 32.9 Å². The Hall–Kier alpha value is -1.55. The number of carbonyl (C=O) groups is 1. The van der Waals surface area contributed by atoms with Crippen LogP contribution in [0.5, 0.6) is 5.75 Å². The van der Waals surface area contributed by atoms with Gasteiger partial charge in [-0.05, 0) is 42.9 Å². The third-order valence-corrected chi connectivity index (χ3v) is 5.83. The molecule has 138 valence electrons. The zero-order chi connectivity index (χ0) is 17.5. The largest absolute Gasteiger partial charge is 0.494 e. The van der Waals surface area contributed by atoms with Gasteiger partial charge in [0.25, 0.3) is 0 Å². The number of esters is 1. The van der Waals surface area contributed by atoms with Crippen molar-refractivity contribution in [2.45, 2.75) is 56.8 Å². The van der Waals surface area contributed by atoms with E-state index in [9.17, 15) is 4.79 Å². The van der Waals surface area contributed by atoms with E-state index in [4.69, 9.17) is 14.2 Å². The molecule has 2 aliphatic rings. The molecule has 1 aromatic rings. The molecule has 4 nitrogen and oxygen atoms in total. The quantitative estimate of drug-likeness (QED) is 0.722. The normalized spacial score (nSPS) is 20.8. The number of rotatable bonds is 6. The molecule has 0 aromatic heterocycles. The second-order valence-corrected chi connectivity index (χ2v) is 7.36. The van der Waals surface area contributed by atoms with Crippen LogP contribution in [0.4, 0.5) is 0 Å². The molecule has 0 spiro atoms. The van der Waals surface area contributed by atoms with Gasteiger partial charge in [0.15, 0.2) is 0 Å². The molecule has 0 amide bonds. The lowest BCUT2D eigenvalue weighted by atomic mass is 9.74. The lowest BCUT2D eigenvalue weighted by molar-refractivity contribution is -0.151. The van der Waals surface area contributed by atoms with Crippen LogP contribution in [0.1, 0.15) is 56.9 Å². The van der Waals surface area contributed by atoms with E-state index >= 15 is 0 Å². The van der Waals surface area contributed by atoms with Gasteiger partial charge < -0.3 is 14.2 Å². The lowest BCUT2D eigenvalue weighted by Gasteiger charge is -2.35. The fourth-order valence-corrected chi connectivity index (χ4v) is 4.23. The third kappa shape index (κ3) is 4.35. The molecule has 0 N–H and O–H groups in total. The Balaban J connectivity index is 1.65. The van der Waals surface area contributed by atoms with Crippen molar-refractivity contribution in [3.8, 4) is 5.75 Å². The zero-order valence-corrected chi connectivity index (χ0v) is 15.3. The first-order valence-electron chi connectivity index (χ1n) is 9.64. The van der Waals surface area contributed by atoms with Crippen LogP contribution in [0.25, 0.3) is 0 Å². The van der Waals surface area contributed by atoms with Gasteiger partial charge in [-0.25, -0.2) is 0 Å². The molecule has 0 atom stereocenters. The SMILES string of the molecule is COC(=O)C1(c2cccc(OCCC3CCCCC3)c2)CCOCC1. The number of hydrogen-bond acceptors (Lipinski definition) is 4. The highest BCUT2D eigenvalue weighted by Gasteiger charge is 2.43. The average molecular weight is 346 g/mol. The van der Waals surface area contributed by atoms with Gasteiger partial charge in [0.1, 0.15) is 5.75 Å². The van der Waals surface area contributed by atoms with E-state index < -0.39 is 5.41 Å². The summed E-state index contributed by atoms with van der Waals surface area (Å²) in [5.74, 6) is 1.49. The summed E-state index contributed by atoms with van der Waals surface area (Å²) in [6.45, 7) is 1.92. The van der Waals surface area contributed by atoms with E-state index in [1.807, 2.05) is 24.3 Å². The van der Waals surface area contributed by atoms with Gasteiger partial charge in [0.2, 0.25) is 0 Å². The standard InChI is InChI=1S/C21H30O4/c1-23-20(22)21(11-14-24-15-12-21)18-8-5-9-19(16-18)25-13-10-17-6-3-2-4-7-17/h5,8-9,16-17H,2-4,6-7,10-15H2,1H3. The highest BCUT2D eigenvalue weighted by Crippen LogP contribution is 2.37. The minimum atomic E-state index is -0.601. The van der Waals surface area contributed by atoms with Gasteiger partial charge in [-0.1, -0.05) is 44.2 Å². The molecular formula is C21H30O4. The zero-order valence-electron chi connectivity index (χ0n) is 15.3. The molecular weight excluding hydrogens is 316 g/mol. The Bertz CT molecular complexity index is 557.